The van der Waals surface area contributed by atoms with Crippen molar-refractivity contribution in [2.24, 2.45) is 0 Å². The van der Waals surface area contributed by atoms with E-state index in [9.17, 15) is 46.1 Å². The van der Waals surface area contributed by atoms with E-state index in [1.165, 1.54) is 26.0 Å². The molecule has 3 unspecified atom stereocenters. The lowest BCUT2D eigenvalue weighted by atomic mass is 10.2. The van der Waals surface area contributed by atoms with Crippen LogP contribution in [0.5, 0.6) is 0 Å². The molecular weight excluding hydrogens is 530 g/mol. The van der Waals surface area contributed by atoms with E-state index in [4.69, 9.17) is 4.84 Å². The molecule has 2 aliphatic rings. The average molecular weight is 552 g/mol. The van der Waals surface area contributed by atoms with Gasteiger partial charge < -0.3 is 15.1 Å². The normalized spacial score (nSPS) is 22.2. The minimum absolute atomic E-state index is 0.0246. The number of likely N-dealkylation sites (N-methyl/N-ethyl adjacent to an activating group) is 1. The third-order valence-corrected chi connectivity index (χ3v) is 5.56. The van der Waals surface area contributed by atoms with Gasteiger partial charge in [-0.3, -0.25) is 4.84 Å². The molecule has 0 bridgehead atoms. The van der Waals surface area contributed by atoms with Crippen LogP contribution >= 0.6 is 0 Å². The van der Waals surface area contributed by atoms with Crippen LogP contribution in [0, 0.1) is 0 Å². The van der Waals surface area contributed by atoms with Crippen LogP contribution in [0.3, 0.4) is 0 Å². The summed E-state index contributed by atoms with van der Waals surface area (Å²) in [5.74, 6) is -0.504. The molecule has 4 heterocycles. The highest BCUT2D eigenvalue weighted by Crippen LogP contribution is 2.34. The molecule has 0 radical (unpaired) electrons. The topological polar surface area (TPSA) is 123 Å². The van der Waals surface area contributed by atoms with E-state index < -0.39 is 54.0 Å². The Morgan fingerprint density at radius 3 is 1.74 bits per heavy atom. The summed E-state index contributed by atoms with van der Waals surface area (Å²) >= 11 is 0. The Hall–Kier alpha value is -3.70. The number of hydroxylamine groups is 2. The summed E-state index contributed by atoms with van der Waals surface area (Å²) in [4.78, 5) is 38.6. The van der Waals surface area contributed by atoms with Crippen molar-refractivity contribution >= 4 is 23.7 Å². The van der Waals surface area contributed by atoms with Gasteiger partial charge in [0.15, 0.2) is 12.5 Å². The molecule has 0 aromatic carbocycles. The van der Waals surface area contributed by atoms with Gasteiger partial charge in [0, 0.05) is 19.4 Å². The molecule has 2 aromatic rings. The second kappa shape index (κ2) is 10.6. The number of carbonyl (C=O) groups is 2. The Labute approximate surface area is 211 Å². The lowest BCUT2D eigenvalue weighted by Crippen LogP contribution is -2.36. The van der Waals surface area contributed by atoms with Gasteiger partial charge in [-0.25, -0.2) is 29.4 Å². The third kappa shape index (κ3) is 5.73. The molecular formula is C21H22F6N6O5. The molecule has 0 aliphatic carbocycles. The largest absolute Gasteiger partial charge is 0.416 e. The Morgan fingerprint density at radius 2 is 1.37 bits per heavy atom. The van der Waals surface area contributed by atoms with Gasteiger partial charge in [0.05, 0.1) is 24.8 Å². The van der Waals surface area contributed by atoms with Crippen LogP contribution in [0.2, 0.25) is 0 Å². The predicted octanol–water partition coefficient (Wildman–Crippen LogP) is 2.90. The molecule has 208 valence electrons. The van der Waals surface area contributed by atoms with Gasteiger partial charge in [-0.05, 0) is 31.2 Å². The van der Waals surface area contributed by atoms with Gasteiger partial charge in [0.2, 0.25) is 0 Å². The molecule has 17 heteroatoms. The first-order chi connectivity index (χ1) is 17.6. The van der Waals surface area contributed by atoms with E-state index in [1.807, 2.05) is 0 Å². The number of anilines is 2. The second-order valence-electron chi connectivity index (χ2n) is 8.13. The molecule has 2 N–H and O–H groups in total. The van der Waals surface area contributed by atoms with Gasteiger partial charge in [0.25, 0.3) is 0 Å². The maximum Gasteiger partial charge on any atom is 0.416 e. The van der Waals surface area contributed by atoms with Crippen molar-refractivity contribution in [1.82, 2.24) is 19.9 Å². The van der Waals surface area contributed by atoms with Gasteiger partial charge in [0.1, 0.15) is 17.7 Å². The Kier molecular flexibility index (Phi) is 8.04. The van der Waals surface area contributed by atoms with Gasteiger partial charge in [-0.2, -0.15) is 31.4 Å². The number of rotatable bonds is 3. The summed E-state index contributed by atoms with van der Waals surface area (Å²) < 4.78 is 75.5. The Balaban J connectivity index is 0.000000212. The average Bonchev–Trinajstić information content (AvgIpc) is 3.22. The fraction of sp³-hybridized carbons (Fsp3) is 0.429. The zero-order chi connectivity index (χ0) is 28.6. The molecule has 0 saturated carbocycles. The second-order valence-corrected chi connectivity index (χ2v) is 8.13. The first-order valence-electron chi connectivity index (χ1n) is 10.7. The third-order valence-electron chi connectivity index (χ3n) is 5.56. The van der Waals surface area contributed by atoms with Crippen LogP contribution in [0.15, 0.2) is 36.7 Å². The molecule has 11 nitrogen and oxygen atoms in total. The first-order valence-corrected chi connectivity index (χ1v) is 10.7. The molecule has 4 rings (SSSR count). The number of hydrogen-bond acceptors (Lipinski definition) is 7. The summed E-state index contributed by atoms with van der Waals surface area (Å²) in [5.41, 5.74) is -1.87. The van der Waals surface area contributed by atoms with Crippen LogP contribution < -0.4 is 9.80 Å². The number of aromatic nitrogens is 2. The lowest BCUT2D eigenvalue weighted by molar-refractivity contribution is -0.138. The molecule has 38 heavy (non-hydrogen) atoms. The van der Waals surface area contributed by atoms with E-state index in [0.717, 1.165) is 45.5 Å². The minimum atomic E-state index is -4.56. The van der Waals surface area contributed by atoms with Crippen molar-refractivity contribution in [1.29, 1.82) is 0 Å². The van der Waals surface area contributed by atoms with Crippen molar-refractivity contribution < 1.29 is 51.0 Å². The maximum atomic E-state index is 12.6. The van der Waals surface area contributed by atoms with Crippen molar-refractivity contribution in [3.63, 3.8) is 0 Å². The zero-order valence-corrected chi connectivity index (χ0v) is 20.0. The number of urea groups is 2. The summed E-state index contributed by atoms with van der Waals surface area (Å²) in [6.45, 7) is 1.52. The number of amides is 4. The van der Waals surface area contributed by atoms with Crippen molar-refractivity contribution in [3.05, 3.63) is 47.8 Å². The van der Waals surface area contributed by atoms with E-state index in [-0.39, 0.29) is 18.2 Å². The van der Waals surface area contributed by atoms with Crippen molar-refractivity contribution in [2.45, 2.75) is 37.8 Å². The van der Waals surface area contributed by atoms with Gasteiger partial charge >= 0.3 is 24.4 Å². The fourth-order valence-corrected chi connectivity index (χ4v) is 3.63. The van der Waals surface area contributed by atoms with Crippen LogP contribution in [-0.2, 0) is 17.2 Å². The Morgan fingerprint density at radius 1 is 0.895 bits per heavy atom. The predicted molar refractivity (Wildman–Crippen MR) is 117 cm³/mol. The maximum absolute atomic E-state index is 12.6. The SMILES string of the molecule is CN1CC(O)N(c2cc(C(F)(F)F)ccn2)C1=O.CON1C(=O)N(c2cc(C(F)(F)F)ccn2)C(O)C1C. The monoisotopic (exact) mass is 552 g/mol. The minimum Gasteiger partial charge on any atom is -0.371 e. The summed E-state index contributed by atoms with van der Waals surface area (Å²) in [5, 5.41) is 20.4. The molecule has 0 spiro atoms. The van der Waals surface area contributed by atoms with E-state index >= 15 is 0 Å². The fourth-order valence-electron chi connectivity index (χ4n) is 3.63. The number of β-amino-alcohol motifs (C(OH)–C–C–N with tert-alkyl or cyclic N) is 1. The molecule has 2 fully saturated rings. The summed E-state index contributed by atoms with van der Waals surface area (Å²) in [6, 6.07) is 0.930. The highest BCUT2D eigenvalue weighted by Gasteiger charge is 2.45. The van der Waals surface area contributed by atoms with Crippen LogP contribution in [0.4, 0.5) is 47.6 Å². The molecule has 2 aromatic heterocycles. The zero-order valence-electron chi connectivity index (χ0n) is 20.0. The number of halogens is 6. The quantitative estimate of drug-likeness (QED) is 0.562. The van der Waals surface area contributed by atoms with Gasteiger partial charge in [-0.1, -0.05) is 0 Å². The van der Waals surface area contributed by atoms with E-state index in [0.29, 0.717) is 6.07 Å². The van der Waals surface area contributed by atoms with Crippen LogP contribution in [0.1, 0.15) is 18.1 Å². The molecule has 3 atom stereocenters. The molecule has 2 saturated heterocycles. The number of aliphatic hydroxyl groups is 2. The molecule has 2 aliphatic heterocycles. The summed E-state index contributed by atoms with van der Waals surface area (Å²) in [7, 11) is 2.67. The van der Waals surface area contributed by atoms with Crippen LogP contribution in [-0.4, -0.2) is 81.4 Å². The van der Waals surface area contributed by atoms with Crippen molar-refractivity contribution in [3.8, 4) is 0 Å². The van der Waals surface area contributed by atoms with E-state index in [2.05, 4.69) is 9.97 Å². The smallest absolute Gasteiger partial charge is 0.371 e. The van der Waals surface area contributed by atoms with Crippen molar-refractivity contribution in [2.75, 3.05) is 30.5 Å². The lowest BCUT2D eigenvalue weighted by Gasteiger charge is -2.19. The number of aliphatic hydroxyl groups excluding tert-OH is 2. The highest BCUT2D eigenvalue weighted by molar-refractivity contribution is 5.94. The first kappa shape index (κ1) is 28.9. The number of nitrogens with zero attached hydrogens (tertiary/aromatic N) is 6. The number of hydrogen-bond donors (Lipinski definition) is 2. The van der Waals surface area contributed by atoms with Gasteiger partial charge in [-0.15, -0.1) is 0 Å². The van der Waals surface area contributed by atoms with E-state index in [1.54, 1.807) is 0 Å². The standard InChI is InChI=1S/C11H12F3N3O3.C10H10F3N3O2/c1-6-9(18)16(10(19)17(6)20-2)8-5-7(3-4-15-8)11(12,13)14;1-15-5-8(17)16(9(15)18)7-4-6(2-3-14-7)10(11,12)13/h3-6,9,18H,1-2H3;2-4,8,17H,5H2,1H3. The highest BCUT2D eigenvalue weighted by atomic mass is 19.4. The summed E-state index contributed by atoms with van der Waals surface area (Å²) in [6.07, 6.45) is -9.73. The number of pyridine rings is 2. The van der Waals surface area contributed by atoms with Crippen LogP contribution in [0.25, 0.3) is 0 Å². The number of alkyl halides is 6. The number of carbonyl (C=O) groups excluding carboxylic acids is 2. The Bertz CT molecular complexity index is 1180. The molecule has 4 amide bonds.